The van der Waals surface area contributed by atoms with Gasteiger partial charge in [-0.25, -0.2) is 9.59 Å². The zero-order chi connectivity index (χ0) is 12.1. The SMILES string of the molecule is NC(=O)OC(=O)COc1ccc(Cl)cc1Cl. The summed E-state index contributed by atoms with van der Waals surface area (Å²) in [5.41, 5.74) is 4.63. The summed E-state index contributed by atoms with van der Waals surface area (Å²) in [4.78, 5) is 21.1. The second kappa shape index (κ2) is 5.58. The maximum absolute atomic E-state index is 10.9. The first-order chi connectivity index (χ1) is 7.49. The summed E-state index contributed by atoms with van der Waals surface area (Å²) < 4.78 is 9.02. The molecule has 0 fully saturated rings. The molecule has 16 heavy (non-hydrogen) atoms. The summed E-state index contributed by atoms with van der Waals surface area (Å²) in [5.74, 6) is -0.647. The molecular weight excluding hydrogens is 257 g/mol. The van der Waals surface area contributed by atoms with Crippen LogP contribution in [0.5, 0.6) is 5.75 Å². The Morgan fingerprint density at radius 1 is 1.31 bits per heavy atom. The van der Waals surface area contributed by atoms with Crippen LogP contribution in [-0.4, -0.2) is 18.7 Å². The van der Waals surface area contributed by atoms with E-state index in [2.05, 4.69) is 10.5 Å². The molecule has 2 N–H and O–H groups in total. The Kier molecular flexibility index (Phi) is 4.39. The van der Waals surface area contributed by atoms with E-state index >= 15 is 0 Å². The quantitative estimate of drug-likeness (QED) is 0.668. The van der Waals surface area contributed by atoms with Crippen LogP contribution in [0.3, 0.4) is 0 Å². The lowest BCUT2D eigenvalue weighted by Gasteiger charge is -2.06. The first-order valence-corrected chi connectivity index (χ1v) is 4.82. The molecule has 0 bridgehead atoms. The molecule has 0 unspecified atom stereocenters. The molecule has 0 atom stereocenters. The van der Waals surface area contributed by atoms with E-state index in [9.17, 15) is 9.59 Å². The van der Waals surface area contributed by atoms with Crippen molar-refractivity contribution in [2.45, 2.75) is 0 Å². The molecule has 0 aliphatic rings. The summed E-state index contributed by atoms with van der Waals surface area (Å²) in [6.45, 7) is -0.468. The zero-order valence-electron chi connectivity index (χ0n) is 7.91. The summed E-state index contributed by atoms with van der Waals surface area (Å²) in [7, 11) is 0. The van der Waals surface area contributed by atoms with E-state index in [0.29, 0.717) is 5.02 Å². The van der Waals surface area contributed by atoms with E-state index in [1.807, 2.05) is 0 Å². The number of halogens is 2. The second-order valence-electron chi connectivity index (χ2n) is 2.66. The van der Waals surface area contributed by atoms with Gasteiger partial charge in [-0.15, -0.1) is 0 Å². The molecular formula is C9H7Cl2NO4. The van der Waals surface area contributed by atoms with Crippen molar-refractivity contribution in [3.05, 3.63) is 28.2 Å². The van der Waals surface area contributed by atoms with Gasteiger partial charge in [0, 0.05) is 5.02 Å². The Labute approximate surface area is 101 Å². The van der Waals surface area contributed by atoms with Gasteiger partial charge in [-0.2, -0.15) is 0 Å². The standard InChI is InChI=1S/C9H7Cl2NO4/c10-5-1-2-7(6(11)3-5)15-4-8(13)16-9(12)14/h1-3H,4H2,(H2,12,14). The predicted octanol–water partition coefficient (Wildman–Crippen LogP) is 1.99. The summed E-state index contributed by atoms with van der Waals surface area (Å²) in [6, 6.07) is 4.49. The first-order valence-electron chi connectivity index (χ1n) is 4.07. The van der Waals surface area contributed by atoms with Crippen LogP contribution in [0.25, 0.3) is 0 Å². The number of primary amides is 1. The zero-order valence-corrected chi connectivity index (χ0v) is 9.42. The number of carbonyl (C=O) groups excluding carboxylic acids is 2. The highest BCUT2D eigenvalue weighted by molar-refractivity contribution is 6.35. The smallest absolute Gasteiger partial charge is 0.412 e. The minimum atomic E-state index is -1.18. The third-order valence-electron chi connectivity index (χ3n) is 1.45. The van der Waals surface area contributed by atoms with Gasteiger partial charge in [0.05, 0.1) is 5.02 Å². The lowest BCUT2D eigenvalue weighted by molar-refractivity contribution is -0.139. The Morgan fingerprint density at radius 2 is 2.00 bits per heavy atom. The van der Waals surface area contributed by atoms with E-state index in [-0.39, 0.29) is 10.8 Å². The van der Waals surface area contributed by atoms with Crippen molar-refractivity contribution in [2.24, 2.45) is 5.73 Å². The van der Waals surface area contributed by atoms with Crippen molar-refractivity contribution in [1.82, 2.24) is 0 Å². The number of nitrogens with two attached hydrogens (primary N) is 1. The molecule has 0 saturated heterocycles. The Balaban J connectivity index is 2.54. The average molecular weight is 264 g/mol. The molecule has 0 aliphatic carbocycles. The molecule has 0 radical (unpaired) electrons. The van der Waals surface area contributed by atoms with E-state index in [1.54, 1.807) is 6.07 Å². The van der Waals surface area contributed by atoms with Crippen molar-refractivity contribution in [3.63, 3.8) is 0 Å². The maximum atomic E-state index is 10.9. The molecule has 0 aromatic heterocycles. The number of hydrogen-bond acceptors (Lipinski definition) is 4. The highest BCUT2D eigenvalue weighted by Gasteiger charge is 2.09. The van der Waals surface area contributed by atoms with Crippen molar-refractivity contribution in [1.29, 1.82) is 0 Å². The van der Waals surface area contributed by atoms with Gasteiger partial charge in [0.25, 0.3) is 0 Å². The van der Waals surface area contributed by atoms with Crippen molar-refractivity contribution < 1.29 is 19.1 Å². The molecule has 1 rings (SSSR count). The molecule has 86 valence electrons. The van der Waals surface area contributed by atoms with Crippen LogP contribution in [0.15, 0.2) is 18.2 Å². The lowest BCUT2D eigenvalue weighted by atomic mass is 10.3. The molecule has 1 aromatic carbocycles. The third-order valence-corrected chi connectivity index (χ3v) is 1.98. The molecule has 0 spiro atoms. The minimum Gasteiger partial charge on any atom is -0.480 e. The summed E-state index contributed by atoms with van der Waals surface area (Å²) in [6.07, 6.45) is -1.18. The molecule has 0 saturated carbocycles. The molecule has 7 heteroatoms. The Hall–Kier alpha value is -1.46. The monoisotopic (exact) mass is 263 g/mol. The van der Waals surface area contributed by atoms with Gasteiger partial charge in [-0.3, -0.25) is 0 Å². The number of esters is 1. The number of amides is 1. The highest BCUT2D eigenvalue weighted by Crippen LogP contribution is 2.27. The Morgan fingerprint density at radius 3 is 2.56 bits per heavy atom. The van der Waals surface area contributed by atoms with Crippen molar-refractivity contribution in [2.75, 3.05) is 6.61 Å². The predicted molar refractivity (Wildman–Crippen MR) is 57.6 cm³/mol. The number of rotatable bonds is 3. The minimum absolute atomic E-state index is 0.249. The van der Waals surface area contributed by atoms with E-state index in [1.165, 1.54) is 12.1 Å². The Bertz CT molecular complexity index is 422. The number of benzene rings is 1. The number of hydrogen-bond donors (Lipinski definition) is 1. The van der Waals surface area contributed by atoms with Gasteiger partial charge >= 0.3 is 12.1 Å². The number of carbonyl (C=O) groups is 2. The fraction of sp³-hybridized carbons (Fsp3) is 0.111. The van der Waals surface area contributed by atoms with Crippen LogP contribution in [-0.2, 0) is 9.53 Å². The van der Waals surface area contributed by atoms with Crippen LogP contribution >= 0.6 is 23.2 Å². The molecule has 0 aliphatic heterocycles. The van der Waals surface area contributed by atoms with Crippen LogP contribution < -0.4 is 10.5 Å². The van der Waals surface area contributed by atoms with Gasteiger partial charge in [0.15, 0.2) is 6.61 Å². The van der Waals surface area contributed by atoms with E-state index in [0.717, 1.165) is 0 Å². The summed E-state index contributed by atoms with van der Waals surface area (Å²) in [5, 5.41) is 0.691. The van der Waals surface area contributed by atoms with Crippen molar-refractivity contribution >= 4 is 35.3 Å². The van der Waals surface area contributed by atoms with Gasteiger partial charge in [-0.1, -0.05) is 23.2 Å². The van der Waals surface area contributed by atoms with Crippen molar-refractivity contribution in [3.8, 4) is 5.75 Å². The fourth-order valence-electron chi connectivity index (χ4n) is 0.871. The van der Waals surface area contributed by atoms with Gasteiger partial charge in [-0.05, 0) is 18.2 Å². The molecule has 1 aromatic rings. The van der Waals surface area contributed by atoms with E-state index in [4.69, 9.17) is 27.9 Å². The average Bonchev–Trinajstić information content (AvgIpc) is 2.15. The van der Waals surface area contributed by atoms with Gasteiger partial charge in [0.1, 0.15) is 5.75 Å². The largest absolute Gasteiger partial charge is 0.480 e. The van der Waals surface area contributed by atoms with Gasteiger partial charge < -0.3 is 15.2 Å². The third kappa shape index (κ3) is 3.96. The number of ether oxygens (including phenoxy) is 2. The topological polar surface area (TPSA) is 78.6 Å². The van der Waals surface area contributed by atoms with Crippen LogP contribution in [0, 0.1) is 0 Å². The lowest BCUT2D eigenvalue weighted by Crippen LogP contribution is -2.23. The first kappa shape index (κ1) is 12.6. The fourth-order valence-corrected chi connectivity index (χ4v) is 1.33. The maximum Gasteiger partial charge on any atom is 0.412 e. The molecule has 0 heterocycles. The normalized spacial score (nSPS) is 9.62. The van der Waals surface area contributed by atoms with Crippen LogP contribution in [0.2, 0.25) is 10.0 Å². The van der Waals surface area contributed by atoms with Gasteiger partial charge in [0.2, 0.25) is 0 Å². The second-order valence-corrected chi connectivity index (χ2v) is 3.50. The highest BCUT2D eigenvalue weighted by atomic mass is 35.5. The van der Waals surface area contributed by atoms with Crippen LogP contribution in [0.4, 0.5) is 4.79 Å². The summed E-state index contributed by atoms with van der Waals surface area (Å²) >= 11 is 11.4. The molecule has 1 amide bonds. The van der Waals surface area contributed by atoms with E-state index < -0.39 is 18.7 Å². The molecule has 5 nitrogen and oxygen atoms in total. The van der Waals surface area contributed by atoms with Crippen LogP contribution in [0.1, 0.15) is 0 Å².